The summed E-state index contributed by atoms with van der Waals surface area (Å²) in [6.07, 6.45) is 1.55. The maximum atomic E-state index is 12.3. The predicted molar refractivity (Wildman–Crippen MR) is 105 cm³/mol. The second-order valence-corrected chi connectivity index (χ2v) is 5.96. The van der Waals surface area contributed by atoms with Gasteiger partial charge in [0.05, 0.1) is 35.6 Å². The average Bonchev–Trinajstić information content (AvgIpc) is 2.69. The van der Waals surface area contributed by atoms with E-state index in [1.165, 1.54) is 0 Å². The maximum absolute atomic E-state index is 12.3. The van der Waals surface area contributed by atoms with E-state index in [1.807, 2.05) is 12.1 Å². The number of rotatable bonds is 5. The molecule has 27 heavy (non-hydrogen) atoms. The molecule has 2 N–H and O–H groups in total. The van der Waals surface area contributed by atoms with Gasteiger partial charge in [0.2, 0.25) is 0 Å². The molecule has 0 bridgehead atoms. The molecule has 0 aliphatic carbocycles. The van der Waals surface area contributed by atoms with Gasteiger partial charge in [0.25, 0.3) is 5.91 Å². The summed E-state index contributed by atoms with van der Waals surface area (Å²) in [4.78, 5) is 16.5. The summed E-state index contributed by atoms with van der Waals surface area (Å²) in [7, 11) is 1.55. The molecule has 0 saturated heterocycles. The van der Waals surface area contributed by atoms with Crippen LogP contribution in [0.25, 0.3) is 0 Å². The summed E-state index contributed by atoms with van der Waals surface area (Å²) in [5.74, 6) is 0.233. The van der Waals surface area contributed by atoms with Crippen molar-refractivity contribution in [1.29, 1.82) is 5.26 Å². The van der Waals surface area contributed by atoms with E-state index in [9.17, 15) is 4.79 Å². The summed E-state index contributed by atoms with van der Waals surface area (Å²) in [5, 5.41) is 15.3. The first kappa shape index (κ1) is 18.2. The van der Waals surface area contributed by atoms with Crippen LogP contribution in [0, 0.1) is 11.3 Å². The Kier molecular flexibility index (Phi) is 5.55. The van der Waals surface area contributed by atoms with Crippen molar-refractivity contribution in [2.75, 3.05) is 17.7 Å². The molecule has 0 saturated carbocycles. The van der Waals surface area contributed by atoms with Gasteiger partial charge in [-0.15, -0.1) is 0 Å². The third kappa shape index (κ3) is 4.54. The van der Waals surface area contributed by atoms with Crippen molar-refractivity contribution in [3.05, 3.63) is 77.1 Å². The number of carbonyl (C=O) groups excluding carboxylic acids is 1. The normalized spacial score (nSPS) is 9.96. The van der Waals surface area contributed by atoms with Gasteiger partial charge in [-0.2, -0.15) is 5.26 Å². The zero-order valence-corrected chi connectivity index (χ0v) is 15.1. The van der Waals surface area contributed by atoms with Crippen molar-refractivity contribution in [3.8, 4) is 11.8 Å². The number of hydrogen-bond acceptors (Lipinski definition) is 5. The topological polar surface area (TPSA) is 87.0 Å². The van der Waals surface area contributed by atoms with Crippen LogP contribution >= 0.6 is 11.6 Å². The standard InChI is InChI=1S/C20H15ClN4O2/c1-27-19-8-6-15(10-17(19)21)24-16-5-7-18(23-12-16)20(26)25-14-4-2-3-13(9-14)11-22/h2-10,12,24H,1H3,(H,25,26). The SMILES string of the molecule is COc1ccc(Nc2ccc(C(=O)Nc3cccc(C#N)c3)nc2)cc1Cl. The lowest BCUT2D eigenvalue weighted by atomic mass is 10.2. The summed E-state index contributed by atoms with van der Waals surface area (Å²) in [6, 6.07) is 17.4. The lowest BCUT2D eigenvalue weighted by molar-refractivity contribution is 0.102. The minimum Gasteiger partial charge on any atom is -0.495 e. The Morgan fingerprint density at radius 3 is 2.59 bits per heavy atom. The van der Waals surface area contributed by atoms with E-state index in [-0.39, 0.29) is 11.6 Å². The monoisotopic (exact) mass is 378 g/mol. The first-order valence-corrected chi connectivity index (χ1v) is 8.35. The minimum atomic E-state index is -0.357. The van der Waals surface area contributed by atoms with Crippen LogP contribution in [0.15, 0.2) is 60.8 Å². The number of carbonyl (C=O) groups is 1. The second kappa shape index (κ2) is 8.21. The smallest absolute Gasteiger partial charge is 0.274 e. The summed E-state index contributed by atoms with van der Waals surface area (Å²) < 4.78 is 5.12. The van der Waals surface area contributed by atoms with Crippen LogP contribution in [-0.4, -0.2) is 18.0 Å². The Hall–Kier alpha value is -3.56. The van der Waals surface area contributed by atoms with Crippen LogP contribution in [0.2, 0.25) is 5.02 Å². The lowest BCUT2D eigenvalue weighted by Crippen LogP contribution is -2.13. The molecule has 1 amide bonds. The van der Waals surface area contributed by atoms with Crippen molar-refractivity contribution in [1.82, 2.24) is 4.98 Å². The molecule has 3 rings (SSSR count). The molecule has 134 valence electrons. The van der Waals surface area contributed by atoms with Gasteiger partial charge < -0.3 is 15.4 Å². The third-order valence-electron chi connectivity index (χ3n) is 3.69. The Morgan fingerprint density at radius 2 is 1.93 bits per heavy atom. The summed E-state index contributed by atoms with van der Waals surface area (Å²) in [5.41, 5.74) is 2.75. The molecule has 0 atom stereocenters. The lowest BCUT2D eigenvalue weighted by Gasteiger charge is -2.09. The van der Waals surface area contributed by atoms with Gasteiger partial charge in [0.15, 0.2) is 0 Å². The van der Waals surface area contributed by atoms with E-state index in [0.717, 1.165) is 5.69 Å². The van der Waals surface area contributed by atoms with Gasteiger partial charge in [-0.25, -0.2) is 4.98 Å². The first-order valence-electron chi connectivity index (χ1n) is 7.97. The number of pyridine rings is 1. The fraction of sp³-hybridized carbons (Fsp3) is 0.0500. The maximum Gasteiger partial charge on any atom is 0.274 e. The van der Waals surface area contributed by atoms with Crippen LogP contribution in [-0.2, 0) is 0 Å². The van der Waals surface area contributed by atoms with Crippen LogP contribution < -0.4 is 15.4 Å². The first-order chi connectivity index (χ1) is 13.1. The van der Waals surface area contributed by atoms with Gasteiger partial charge in [0.1, 0.15) is 11.4 Å². The quantitative estimate of drug-likeness (QED) is 0.676. The Labute approximate surface area is 161 Å². The van der Waals surface area contributed by atoms with Gasteiger partial charge in [0, 0.05) is 11.4 Å². The number of methoxy groups -OCH3 is 1. The average molecular weight is 379 g/mol. The van der Waals surface area contributed by atoms with Gasteiger partial charge in [-0.05, 0) is 48.5 Å². The van der Waals surface area contributed by atoms with Crippen molar-refractivity contribution < 1.29 is 9.53 Å². The van der Waals surface area contributed by atoms with Crippen LogP contribution in [0.3, 0.4) is 0 Å². The molecule has 1 heterocycles. The summed E-state index contributed by atoms with van der Waals surface area (Å²) >= 11 is 6.11. The highest BCUT2D eigenvalue weighted by atomic mass is 35.5. The van der Waals surface area contributed by atoms with Gasteiger partial charge >= 0.3 is 0 Å². The van der Waals surface area contributed by atoms with E-state index < -0.39 is 0 Å². The van der Waals surface area contributed by atoms with E-state index in [2.05, 4.69) is 15.6 Å². The van der Waals surface area contributed by atoms with Gasteiger partial charge in [-0.1, -0.05) is 17.7 Å². The number of nitrogens with one attached hydrogen (secondary N) is 2. The molecule has 0 unspecified atom stereocenters. The molecule has 0 aliphatic heterocycles. The molecule has 2 aromatic carbocycles. The molecule has 0 spiro atoms. The highest BCUT2D eigenvalue weighted by molar-refractivity contribution is 6.32. The van der Waals surface area contributed by atoms with Crippen LogP contribution in [0.4, 0.5) is 17.1 Å². The van der Waals surface area contributed by atoms with Crippen LogP contribution in [0.5, 0.6) is 5.75 Å². The Bertz CT molecular complexity index is 1010. The fourth-order valence-corrected chi connectivity index (χ4v) is 2.63. The predicted octanol–water partition coefficient (Wildman–Crippen LogP) is 4.61. The molecule has 0 aliphatic rings. The summed E-state index contributed by atoms with van der Waals surface area (Å²) in [6.45, 7) is 0. The van der Waals surface area contributed by atoms with E-state index in [1.54, 1.807) is 61.8 Å². The number of anilines is 3. The Balaban J connectivity index is 1.68. The van der Waals surface area contributed by atoms with Crippen molar-refractivity contribution in [2.45, 2.75) is 0 Å². The number of nitriles is 1. The fourth-order valence-electron chi connectivity index (χ4n) is 2.37. The largest absolute Gasteiger partial charge is 0.495 e. The second-order valence-electron chi connectivity index (χ2n) is 5.55. The molecule has 0 fully saturated rings. The number of halogens is 1. The number of aromatic nitrogens is 1. The number of benzene rings is 2. The van der Waals surface area contributed by atoms with E-state index in [0.29, 0.717) is 27.7 Å². The molecule has 0 radical (unpaired) electrons. The highest BCUT2D eigenvalue weighted by Crippen LogP contribution is 2.28. The Morgan fingerprint density at radius 1 is 1.11 bits per heavy atom. The van der Waals surface area contributed by atoms with E-state index >= 15 is 0 Å². The van der Waals surface area contributed by atoms with Gasteiger partial charge in [-0.3, -0.25) is 4.79 Å². The molecule has 3 aromatic rings. The molecular formula is C20H15ClN4O2. The minimum absolute atomic E-state index is 0.260. The van der Waals surface area contributed by atoms with E-state index in [4.69, 9.17) is 21.6 Å². The van der Waals surface area contributed by atoms with Crippen molar-refractivity contribution in [3.63, 3.8) is 0 Å². The highest BCUT2D eigenvalue weighted by Gasteiger charge is 2.09. The molecular weight excluding hydrogens is 364 g/mol. The molecule has 1 aromatic heterocycles. The van der Waals surface area contributed by atoms with Crippen molar-refractivity contribution >= 4 is 34.6 Å². The van der Waals surface area contributed by atoms with Crippen LogP contribution in [0.1, 0.15) is 16.1 Å². The zero-order chi connectivity index (χ0) is 19.2. The number of hydrogen-bond donors (Lipinski definition) is 2. The zero-order valence-electron chi connectivity index (χ0n) is 14.4. The third-order valence-corrected chi connectivity index (χ3v) is 3.98. The number of amides is 1. The molecule has 7 heteroatoms. The number of ether oxygens (including phenoxy) is 1. The number of nitrogens with zero attached hydrogens (tertiary/aromatic N) is 2. The van der Waals surface area contributed by atoms with Crippen molar-refractivity contribution in [2.24, 2.45) is 0 Å². The molecule has 6 nitrogen and oxygen atoms in total.